The molecule has 0 N–H and O–H groups in total. The summed E-state index contributed by atoms with van der Waals surface area (Å²) in [5.41, 5.74) is 2.83. The number of esters is 2. The molecule has 4 heterocycles. The van der Waals surface area contributed by atoms with Crippen LogP contribution in [-0.2, 0) is 58.2 Å². The van der Waals surface area contributed by atoms with Crippen LogP contribution in [0.15, 0.2) is 97.1 Å². The lowest BCUT2D eigenvalue weighted by molar-refractivity contribution is -0.183. The maximum Gasteiger partial charge on any atom is 0.308 e. The van der Waals surface area contributed by atoms with E-state index in [0.29, 0.717) is 57.1 Å². The van der Waals surface area contributed by atoms with Crippen LogP contribution in [0.1, 0.15) is 126 Å². The average Bonchev–Trinajstić information content (AvgIpc) is 4.16. The van der Waals surface area contributed by atoms with Gasteiger partial charge in [0.15, 0.2) is 0 Å². The van der Waals surface area contributed by atoms with Gasteiger partial charge in [0.2, 0.25) is 20.0 Å². The summed E-state index contributed by atoms with van der Waals surface area (Å²) in [5, 5.41) is 2.01. The Bertz CT molecular complexity index is 2780. The van der Waals surface area contributed by atoms with E-state index in [0.717, 1.165) is 36.8 Å². The van der Waals surface area contributed by atoms with Gasteiger partial charge in [-0.1, -0.05) is 109 Å². The van der Waals surface area contributed by atoms with Crippen LogP contribution in [0.4, 0.5) is 0 Å². The van der Waals surface area contributed by atoms with E-state index < -0.39 is 92.4 Å². The van der Waals surface area contributed by atoms with Crippen LogP contribution < -0.4 is 0 Å². The number of amides is 2. The molecule has 0 aromatic heterocycles. The van der Waals surface area contributed by atoms with Gasteiger partial charge in [-0.25, -0.2) is 16.8 Å². The topological polar surface area (TPSA) is 186 Å². The molecule has 0 spiro atoms. The SMILES string of the molecule is CCC(CS(=O)(=O)N1CCC[C@@H]1C)N1C(=O)[C@@H](CC(=O)OC)O[C@H](c2cccc(Cl)c2)[C@H]1c1ccc(Cl)cc1.CCC(CS(=O)(=O)N1CCC[C@@H]1C)N1C(=O)[C@H](CC(=O)OC)O[C@H](c2cccc(Cl)c2)[C@H]1c1ccc(Cl)cc1. The minimum Gasteiger partial charge on any atom is -0.469 e. The van der Waals surface area contributed by atoms with Crippen molar-refractivity contribution in [3.63, 3.8) is 0 Å². The fraction of sp³-hybridized carbons (Fsp3) is 0.500. The lowest BCUT2D eigenvalue weighted by Crippen LogP contribution is -2.57. The number of halogens is 4. The van der Waals surface area contributed by atoms with E-state index in [2.05, 4.69) is 0 Å². The first-order valence-electron chi connectivity index (χ1n) is 26.2. The molecular weight excluding hydrogens is 1130 g/mol. The van der Waals surface area contributed by atoms with Crippen molar-refractivity contribution in [2.24, 2.45) is 0 Å². The summed E-state index contributed by atoms with van der Waals surface area (Å²) in [5.74, 6) is -2.61. The Morgan fingerprint density at radius 1 is 0.564 bits per heavy atom. The number of carbonyl (C=O) groups is 4. The van der Waals surface area contributed by atoms with E-state index in [1.54, 1.807) is 94.7 Å². The number of carbonyl (C=O) groups excluding carboxylic acids is 4. The van der Waals surface area contributed by atoms with Crippen LogP contribution in [0, 0.1) is 0 Å². The third-order valence-corrected chi connectivity index (χ3v) is 20.1. The Hall–Kier alpha value is -4.34. The normalized spacial score (nSPS) is 25.1. The lowest BCUT2D eigenvalue weighted by Gasteiger charge is -2.48. The van der Waals surface area contributed by atoms with Crippen molar-refractivity contribution in [3.05, 3.63) is 139 Å². The van der Waals surface area contributed by atoms with Crippen LogP contribution in [0.25, 0.3) is 0 Å². The van der Waals surface area contributed by atoms with Gasteiger partial charge in [-0.2, -0.15) is 8.61 Å². The molecule has 424 valence electrons. The van der Waals surface area contributed by atoms with Gasteiger partial charge < -0.3 is 28.7 Å². The number of hydrogen-bond donors (Lipinski definition) is 0. The maximum atomic E-state index is 14.1. The number of ether oxygens (including phenoxy) is 4. The number of nitrogens with zero attached hydrogens (tertiary/aromatic N) is 4. The van der Waals surface area contributed by atoms with Crippen molar-refractivity contribution in [3.8, 4) is 0 Å². The van der Waals surface area contributed by atoms with Gasteiger partial charge in [0.1, 0.15) is 24.4 Å². The summed E-state index contributed by atoms with van der Waals surface area (Å²) in [6, 6.07) is 25.4. The van der Waals surface area contributed by atoms with Gasteiger partial charge in [0.25, 0.3) is 11.8 Å². The molecule has 0 bridgehead atoms. The van der Waals surface area contributed by atoms with Crippen LogP contribution in [0.2, 0.25) is 20.1 Å². The zero-order chi connectivity index (χ0) is 56.6. The third kappa shape index (κ3) is 14.4. The first-order chi connectivity index (χ1) is 37.1. The average molecular weight is 1200 g/mol. The fourth-order valence-electron chi connectivity index (χ4n) is 11.1. The van der Waals surface area contributed by atoms with Gasteiger partial charge in [0, 0.05) is 57.3 Å². The highest BCUT2D eigenvalue weighted by Gasteiger charge is 2.51. The molecule has 78 heavy (non-hydrogen) atoms. The Morgan fingerprint density at radius 3 is 1.22 bits per heavy atom. The molecule has 22 heteroatoms. The minimum atomic E-state index is -3.67. The van der Waals surface area contributed by atoms with Gasteiger partial charge >= 0.3 is 11.9 Å². The Morgan fingerprint density at radius 2 is 0.923 bits per heavy atom. The molecule has 0 saturated carbocycles. The predicted octanol–water partition coefficient (Wildman–Crippen LogP) is 10.3. The second-order valence-electron chi connectivity index (χ2n) is 20.1. The molecule has 4 saturated heterocycles. The van der Waals surface area contributed by atoms with Crippen molar-refractivity contribution < 1.29 is 55.0 Å². The summed E-state index contributed by atoms with van der Waals surface area (Å²) < 4.78 is 79.8. The highest BCUT2D eigenvalue weighted by atomic mass is 35.5. The number of sulfonamides is 2. The standard InChI is InChI=1S/2C28H34Cl2N2O6S/c2*1-4-23(17-39(35,36)31-14-6-7-18(31)2)32-26(19-10-12-21(29)13-11-19)27(20-8-5-9-22(30)15-20)38-24(28(32)34)16-25(33)37-3/h2*5,8-13,15,18,23-24,26-27H,4,6-7,14,16-17H2,1-3H3/t18-,23?,24+,26+,27+;18-,23?,24-,26+,27+/m00/s1. The predicted molar refractivity (Wildman–Crippen MR) is 300 cm³/mol. The molecule has 4 aromatic rings. The molecule has 2 amide bonds. The summed E-state index contributed by atoms with van der Waals surface area (Å²) in [6.07, 6.45) is -0.423. The second-order valence-corrected chi connectivity index (χ2v) is 25.8. The van der Waals surface area contributed by atoms with E-state index in [1.165, 1.54) is 22.8 Å². The summed E-state index contributed by atoms with van der Waals surface area (Å²) in [4.78, 5) is 55.9. The van der Waals surface area contributed by atoms with E-state index in [-0.39, 0.29) is 36.4 Å². The van der Waals surface area contributed by atoms with E-state index in [1.807, 2.05) is 39.8 Å². The molecule has 0 radical (unpaired) electrons. The number of methoxy groups -OCH3 is 2. The molecule has 8 rings (SSSR count). The van der Waals surface area contributed by atoms with Crippen molar-refractivity contribution in [2.45, 2.75) is 140 Å². The zero-order valence-corrected chi connectivity index (χ0v) is 49.2. The van der Waals surface area contributed by atoms with Gasteiger partial charge in [-0.3, -0.25) is 19.2 Å². The molecule has 4 aromatic carbocycles. The van der Waals surface area contributed by atoms with Crippen LogP contribution in [0.5, 0.6) is 0 Å². The van der Waals surface area contributed by atoms with E-state index in [4.69, 9.17) is 65.4 Å². The molecular formula is C56H68Cl4N4O12S2. The number of rotatable bonds is 18. The molecule has 10 atom stereocenters. The smallest absolute Gasteiger partial charge is 0.308 e. The third-order valence-electron chi connectivity index (χ3n) is 15.0. The largest absolute Gasteiger partial charge is 0.469 e. The van der Waals surface area contributed by atoms with Crippen molar-refractivity contribution >= 4 is 90.2 Å². The minimum absolute atomic E-state index is 0.0914. The number of benzene rings is 4. The van der Waals surface area contributed by atoms with Crippen molar-refractivity contribution in [1.29, 1.82) is 0 Å². The molecule has 4 fully saturated rings. The lowest BCUT2D eigenvalue weighted by atomic mass is 9.89. The zero-order valence-electron chi connectivity index (χ0n) is 44.5. The van der Waals surface area contributed by atoms with E-state index >= 15 is 0 Å². The molecule has 0 aliphatic carbocycles. The number of hydrogen-bond acceptors (Lipinski definition) is 12. The summed E-state index contributed by atoms with van der Waals surface area (Å²) in [7, 11) is -4.86. The van der Waals surface area contributed by atoms with Gasteiger partial charge in [-0.15, -0.1) is 0 Å². The highest BCUT2D eigenvalue weighted by molar-refractivity contribution is 7.89. The fourth-order valence-corrected chi connectivity index (χ4v) is 16.0. The molecule has 4 aliphatic rings. The van der Waals surface area contributed by atoms with Crippen LogP contribution in [0.3, 0.4) is 0 Å². The first kappa shape index (κ1) is 61.3. The highest BCUT2D eigenvalue weighted by Crippen LogP contribution is 2.47. The molecule has 16 nitrogen and oxygen atoms in total. The van der Waals surface area contributed by atoms with Gasteiger partial charge in [-0.05, 0) is 123 Å². The summed E-state index contributed by atoms with van der Waals surface area (Å²) >= 11 is 25.0. The Kier molecular flexibility index (Phi) is 21.2. The van der Waals surface area contributed by atoms with Crippen LogP contribution in [-0.4, -0.2) is 134 Å². The van der Waals surface area contributed by atoms with Crippen molar-refractivity contribution in [2.75, 3.05) is 38.8 Å². The number of morpholine rings is 2. The Balaban J connectivity index is 0.000000226. The quantitative estimate of drug-likeness (QED) is 0.0860. The van der Waals surface area contributed by atoms with Gasteiger partial charge in [0.05, 0.1) is 50.7 Å². The molecule has 2 unspecified atom stereocenters. The van der Waals surface area contributed by atoms with Crippen molar-refractivity contribution in [1.82, 2.24) is 18.4 Å². The monoisotopic (exact) mass is 1190 g/mol. The maximum absolute atomic E-state index is 14.1. The van der Waals surface area contributed by atoms with Crippen LogP contribution >= 0.6 is 46.4 Å². The second kappa shape index (κ2) is 27.0. The first-order valence-corrected chi connectivity index (χ1v) is 30.9. The Labute approximate surface area is 478 Å². The summed E-state index contributed by atoms with van der Waals surface area (Å²) in [6.45, 7) is 8.46. The molecule has 4 aliphatic heterocycles. The van der Waals surface area contributed by atoms with E-state index in [9.17, 15) is 36.0 Å².